The molecule has 0 aromatic rings. The van der Waals surface area contributed by atoms with Crippen molar-refractivity contribution in [3.8, 4) is 0 Å². The van der Waals surface area contributed by atoms with Crippen molar-refractivity contribution in [2.24, 2.45) is 20.8 Å². The normalized spacial score (nSPS) is 35.3. The van der Waals surface area contributed by atoms with Crippen LogP contribution in [0.15, 0.2) is 9.98 Å². The molecule has 0 fully saturated rings. The summed E-state index contributed by atoms with van der Waals surface area (Å²) in [6.07, 6.45) is 0.790. The van der Waals surface area contributed by atoms with Gasteiger partial charge in [0.1, 0.15) is 5.54 Å². The average Bonchev–Trinajstić information content (AvgIpc) is 2.55. The molecule has 106 valence electrons. The highest BCUT2D eigenvalue weighted by Crippen LogP contribution is 2.49. The largest absolute Gasteiger partial charge is 0.290 e. The van der Waals surface area contributed by atoms with Crippen LogP contribution in [-0.2, 0) is 4.79 Å². The molecule has 0 saturated carbocycles. The lowest BCUT2D eigenvalue weighted by molar-refractivity contribution is -0.117. The standard InChI is InChI=1S/C16H26N2O/c1-13(2,3)10-9-15(7)16(8,17-10)12(19)11(18-15)14(4,5)6/h9H2,1-8H3. The van der Waals surface area contributed by atoms with Gasteiger partial charge in [-0.05, 0) is 19.3 Å². The van der Waals surface area contributed by atoms with E-state index in [0.717, 1.165) is 12.1 Å². The smallest absolute Gasteiger partial charge is 0.206 e. The minimum atomic E-state index is -0.696. The molecule has 2 rings (SSSR count). The molecule has 0 spiro atoms. The van der Waals surface area contributed by atoms with E-state index >= 15 is 0 Å². The third-order valence-corrected chi connectivity index (χ3v) is 4.51. The summed E-state index contributed by atoms with van der Waals surface area (Å²) in [6, 6.07) is 0. The maximum Gasteiger partial charge on any atom is 0.206 e. The van der Waals surface area contributed by atoms with Crippen LogP contribution in [0.25, 0.3) is 0 Å². The number of Topliss-reactive ketones (excluding diaryl/α,β-unsaturated/α-hetero) is 1. The van der Waals surface area contributed by atoms with Gasteiger partial charge >= 0.3 is 0 Å². The Hall–Kier alpha value is -0.990. The molecule has 0 saturated heterocycles. The Bertz CT molecular complexity index is 502. The van der Waals surface area contributed by atoms with Crippen LogP contribution in [0.1, 0.15) is 61.8 Å². The molecule has 0 radical (unpaired) electrons. The van der Waals surface area contributed by atoms with Gasteiger partial charge in [-0.2, -0.15) is 0 Å². The van der Waals surface area contributed by atoms with Gasteiger partial charge in [0.2, 0.25) is 5.78 Å². The first-order valence-electron chi connectivity index (χ1n) is 7.06. The highest BCUT2D eigenvalue weighted by molar-refractivity contribution is 6.47. The van der Waals surface area contributed by atoms with E-state index in [1.807, 2.05) is 27.7 Å². The summed E-state index contributed by atoms with van der Waals surface area (Å²) >= 11 is 0. The first-order chi connectivity index (χ1) is 8.31. The van der Waals surface area contributed by atoms with E-state index < -0.39 is 11.1 Å². The molecule has 0 amide bonds. The number of aliphatic imine (C=N–C) groups is 2. The van der Waals surface area contributed by atoms with Gasteiger partial charge in [-0.1, -0.05) is 41.5 Å². The SMILES string of the molecule is CC(C)(C)C1=NC2(C)C(=O)C(C(C)(C)C)=NC2(C)C1. The van der Waals surface area contributed by atoms with E-state index in [1.54, 1.807) is 0 Å². The monoisotopic (exact) mass is 262 g/mol. The van der Waals surface area contributed by atoms with Crippen molar-refractivity contribution in [2.75, 3.05) is 0 Å². The van der Waals surface area contributed by atoms with Crippen molar-refractivity contribution in [3.63, 3.8) is 0 Å². The number of rotatable bonds is 0. The summed E-state index contributed by atoms with van der Waals surface area (Å²) < 4.78 is 0. The van der Waals surface area contributed by atoms with Crippen LogP contribution >= 0.6 is 0 Å². The van der Waals surface area contributed by atoms with Gasteiger partial charge in [-0.15, -0.1) is 0 Å². The number of hydrogen-bond donors (Lipinski definition) is 0. The Morgan fingerprint density at radius 1 is 0.947 bits per heavy atom. The first-order valence-corrected chi connectivity index (χ1v) is 7.06. The molecule has 19 heavy (non-hydrogen) atoms. The van der Waals surface area contributed by atoms with Crippen molar-refractivity contribution in [1.29, 1.82) is 0 Å². The van der Waals surface area contributed by atoms with Gasteiger partial charge in [0.05, 0.1) is 11.3 Å². The van der Waals surface area contributed by atoms with Crippen LogP contribution in [0.4, 0.5) is 0 Å². The van der Waals surface area contributed by atoms with E-state index in [1.165, 1.54) is 0 Å². The quantitative estimate of drug-likeness (QED) is 0.659. The van der Waals surface area contributed by atoms with Gasteiger partial charge in [0.25, 0.3) is 0 Å². The molecule has 0 aliphatic carbocycles. The molecule has 0 bridgehead atoms. The third kappa shape index (κ3) is 1.89. The second-order valence-electron chi connectivity index (χ2n) is 8.37. The van der Waals surface area contributed by atoms with Gasteiger partial charge in [0.15, 0.2) is 0 Å². The summed E-state index contributed by atoms with van der Waals surface area (Å²) in [5, 5.41) is 0. The minimum absolute atomic E-state index is 0.00799. The fraction of sp³-hybridized carbons (Fsp3) is 0.812. The highest BCUT2D eigenvalue weighted by atomic mass is 16.1. The average molecular weight is 262 g/mol. The Morgan fingerprint density at radius 3 is 1.84 bits per heavy atom. The molecular weight excluding hydrogens is 236 g/mol. The summed E-state index contributed by atoms with van der Waals surface area (Å²) in [7, 11) is 0. The van der Waals surface area contributed by atoms with Crippen LogP contribution in [0, 0.1) is 10.8 Å². The lowest BCUT2D eigenvalue weighted by Crippen LogP contribution is -2.47. The number of hydrogen-bond acceptors (Lipinski definition) is 3. The van der Waals surface area contributed by atoms with Crippen LogP contribution < -0.4 is 0 Å². The fourth-order valence-electron chi connectivity index (χ4n) is 2.84. The summed E-state index contributed by atoms with van der Waals surface area (Å²) in [6.45, 7) is 16.6. The van der Waals surface area contributed by atoms with Gasteiger partial charge in [-0.25, -0.2) is 0 Å². The summed E-state index contributed by atoms with van der Waals surface area (Å²) in [4.78, 5) is 22.4. The van der Waals surface area contributed by atoms with Gasteiger partial charge in [-0.3, -0.25) is 14.8 Å². The van der Waals surface area contributed by atoms with Crippen LogP contribution in [0.5, 0.6) is 0 Å². The molecule has 0 aromatic heterocycles. The molecule has 2 unspecified atom stereocenters. The number of carbonyl (C=O) groups excluding carboxylic acids is 1. The van der Waals surface area contributed by atoms with Crippen molar-refractivity contribution in [1.82, 2.24) is 0 Å². The zero-order valence-corrected chi connectivity index (χ0v) is 13.5. The minimum Gasteiger partial charge on any atom is -0.290 e. The third-order valence-electron chi connectivity index (χ3n) is 4.51. The zero-order valence-electron chi connectivity index (χ0n) is 13.5. The summed E-state index contributed by atoms with van der Waals surface area (Å²) in [5.74, 6) is 0.113. The predicted octanol–water partition coefficient (Wildman–Crippen LogP) is 3.46. The maximum absolute atomic E-state index is 12.8. The molecule has 2 atom stereocenters. The molecular formula is C16H26N2O. The molecule has 3 heteroatoms. The molecule has 2 aliphatic heterocycles. The number of ketones is 1. The first kappa shape index (κ1) is 14.4. The Balaban J connectivity index is 2.50. The van der Waals surface area contributed by atoms with Gasteiger partial charge < -0.3 is 0 Å². The molecule has 0 N–H and O–H groups in total. The topological polar surface area (TPSA) is 41.8 Å². The van der Waals surface area contributed by atoms with Crippen LogP contribution in [0.3, 0.4) is 0 Å². The Labute approximate surface area is 116 Å². The van der Waals surface area contributed by atoms with Gasteiger partial charge in [0, 0.05) is 17.5 Å². The molecule has 2 aliphatic rings. The number of nitrogens with zero attached hydrogens (tertiary/aromatic N) is 2. The summed E-state index contributed by atoms with van der Waals surface area (Å²) in [5.41, 5.74) is 0.531. The van der Waals surface area contributed by atoms with E-state index in [9.17, 15) is 4.79 Å². The number of carbonyl (C=O) groups is 1. The lowest BCUT2D eigenvalue weighted by atomic mass is 9.75. The molecule has 2 heterocycles. The number of fused-ring (bicyclic) bond motifs is 1. The van der Waals surface area contributed by atoms with E-state index in [2.05, 4.69) is 27.7 Å². The maximum atomic E-state index is 12.8. The second kappa shape index (κ2) is 3.56. The van der Waals surface area contributed by atoms with Crippen LogP contribution in [0.2, 0.25) is 0 Å². The van der Waals surface area contributed by atoms with Crippen molar-refractivity contribution < 1.29 is 4.79 Å². The van der Waals surface area contributed by atoms with Crippen molar-refractivity contribution in [3.05, 3.63) is 0 Å². The van der Waals surface area contributed by atoms with E-state index in [0.29, 0.717) is 5.71 Å². The van der Waals surface area contributed by atoms with Crippen LogP contribution in [-0.4, -0.2) is 28.3 Å². The second-order valence-corrected chi connectivity index (χ2v) is 8.37. The Kier molecular flexibility index (Phi) is 2.70. The van der Waals surface area contributed by atoms with E-state index in [-0.39, 0.29) is 16.6 Å². The van der Waals surface area contributed by atoms with Crippen molar-refractivity contribution in [2.45, 2.75) is 72.9 Å². The van der Waals surface area contributed by atoms with E-state index in [4.69, 9.17) is 9.98 Å². The highest BCUT2D eigenvalue weighted by Gasteiger charge is 2.62. The van der Waals surface area contributed by atoms with Crippen molar-refractivity contribution >= 4 is 17.2 Å². The fourth-order valence-corrected chi connectivity index (χ4v) is 2.84. The molecule has 3 nitrogen and oxygen atoms in total. The Morgan fingerprint density at radius 2 is 1.47 bits per heavy atom. The molecule has 0 aromatic carbocycles. The zero-order chi connectivity index (χ0) is 14.9. The lowest BCUT2D eigenvalue weighted by Gasteiger charge is -2.28. The predicted molar refractivity (Wildman–Crippen MR) is 80.2 cm³/mol.